The number of ether oxygens (including phenoxy) is 2. The Morgan fingerprint density at radius 2 is 1.74 bits per heavy atom. The number of alkyl halides is 1. The molecule has 0 spiro atoms. The highest BCUT2D eigenvalue weighted by Crippen LogP contribution is 2.25. The number of nitrogens with one attached hydrogen (secondary N) is 2. The van der Waals surface area contributed by atoms with Crippen molar-refractivity contribution in [1.29, 1.82) is 0 Å². The van der Waals surface area contributed by atoms with Gasteiger partial charge in [-0.05, 0) is 60.5 Å². The fraction of sp³-hybridized carbons (Fsp3) is 0.276. The molecule has 1 heterocycles. The summed E-state index contributed by atoms with van der Waals surface area (Å²) in [6, 6.07) is 17.8. The van der Waals surface area contributed by atoms with Crippen LogP contribution in [0.4, 0.5) is 20.6 Å². The van der Waals surface area contributed by atoms with E-state index in [1.54, 1.807) is 60.7 Å². The largest absolute Gasteiger partial charge is 0.491 e. The summed E-state index contributed by atoms with van der Waals surface area (Å²) in [5.41, 5.74) is 2.99. The summed E-state index contributed by atoms with van der Waals surface area (Å²) in [7, 11) is 1.31. The first-order valence-electron chi connectivity index (χ1n) is 12.4. The number of urea groups is 1. The van der Waals surface area contributed by atoms with Crippen molar-refractivity contribution >= 4 is 40.9 Å². The number of rotatable bonds is 8. The molecular formula is C29H29ClFN3O5. The average molecular weight is 554 g/mol. The maximum absolute atomic E-state index is 14.3. The molecule has 1 aliphatic rings. The molecule has 2 atom stereocenters. The van der Waals surface area contributed by atoms with Crippen LogP contribution in [0, 0.1) is 6.92 Å². The average Bonchev–Trinajstić information content (AvgIpc) is 3.30. The molecular weight excluding hydrogens is 525 g/mol. The van der Waals surface area contributed by atoms with Crippen molar-refractivity contribution in [3.63, 3.8) is 0 Å². The number of para-hydroxylation sites is 1. The van der Waals surface area contributed by atoms with Gasteiger partial charge in [-0.25, -0.2) is 14.0 Å². The first-order valence-corrected chi connectivity index (χ1v) is 12.8. The van der Waals surface area contributed by atoms with Crippen molar-refractivity contribution in [3.05, 3.63) is 88.4 Å². The molecule has 3 aromatic rings. The topological polar surface area (TPSA) is 97.0 Å². The van der Waals surface area contributed by atoms with Crippen molar-refractivity contribution in [2.75, 3.05) is 30.9 Å². The Morgan fingerprint density at radius 1 is 1.03 bits per heavy atom. The van der Waals surface area contributed by atoms with E-state index in [0.29, 0.717) is 27.7 Å². The van der Waals surface area contributed by atoms with Crippen molar-refractivity contribution in [1.82, 2.24) is 4.90 Å². The summed E-state index contributed by atoms with van der Waals surface area (Å²) >= 11 is 6.09. The second kappa shape index (κ2) is 12.6. The number of anilines is 2. The van der Waals surface area contributed by atoms with E-state index in [2.05, 4.69) is 15.4 Å². The summed E-state index contributed by atoms with van der Waals surface area (Å²) < 4.78 is 24.8. The number of amides is 3. The number of hydrogen-bond acceptors (Lipinski definition) is 5. The van der Waals surface area contributed by atoms with Crippen LogP contribution in [-0.4, -0.2) is 55.3 Å². The Labute approximate surface area is 231 Å². The van der Waals surface area contributed by atoms with Crippen LogP contribution in [0.15, 0.2) is 66.7 Å². The molecule has 1 unspecified atom stereocenters. The van der Waals surface area contributed by atoms with Crippen LogP contribution in [0.1, 0.15) is 27.9 Å². The Kier molecular flexibility index (Phi) is 9.03. The molecule has 3 amide bonds. The minimum Gasteiger partial charge on any atom is -0.491 e. The third-order valence-electron chi connectivity index (χ3n) is 6.42. The normalized spacial score (nSPS) is 16.5. The maximum Gasteiger partial charge on any atom is 0.337 e. The van der Waals surface area contributed by atoms with Gasteiger partial charge in [0.2, 0.25) is 5.91 Å². The molecule has 0 aliphatic carbocycles. The quantitative estimate of drug-likeness (QED) is 0.352. The number of carbonyl (C=O) groups is 3. The Morgan fingerprint density at radius 3 is 2.44 bits per heavy atom. The number of likely N-dealkylation sites (tertiary alicyclic amines) is 1. The molecule has 1 fully saturated rings. The van der Waals surface area contributed by atoms with E-state index in [1.807, 2.05) is 13.0 Å². The Balaban J connectivity index is 1.33. The van der Waals surface area contributed by atoms with E-state index in [0.717, 1.165) is 11.1 Å². The van der Waals surface area contributed by atoms with E-state index < -0.39 is 24.2 Å². The van der Waals surface area contributed by atoms with Crippen LogP contribution in [0.5, 0.6) is 5.75 Å². The lowest BCUT2D eigenvalue weighted by Crippen LogP contribution is -2.40. The number of nitrogens with zero attached hydrogens (tertiary/aromatic N) is 1. The zero-order valence-corrected chi connectivity index (χ0v) is 22.3. The lowest BCUT2D eigenvalue weighted by Gasteiger charge is -2.24. The van der Waals surface area contributed by atoms with Crippen molar-refractivity contribution in [3.8, 4) is 5.75 Å². The summed E-state index contributed by atoms with van der Waals surface area (Å²) in [4.78, 5) is 38.6. The van der Waals surface area contributed by atoms with Crippen LogP contribution >= 0.6 is 11.6 Å². The molecule has 0 saturated carbocycles. The van der Waals surface area contributed by atoms with E-state index in [9.17, 15) is 18.8 Å². The molecule has 3 aromatic carbocycles. The van der Waals surface area contributed by atoms with E-state index >= 15 is 0 Å². The predicted octanol–water partition coefficient (Wildman–Crippen LogP) is 5.64. The van der Waals surface area contributed by atoms with Gasteiger partial charge in [-0.2, -0.15) is 0 Å². The van der Waals surface area contributed by atoms with Gasteiger partial charge in [0.05, 0.1) is 42.4 Å². The van der Waals surface area contributed by atoms with Gasteiger partial charge in [-0.1, -0.05) is 35.9 Å². The third kappa shape index (κ3) is 7.26. The molecule has 2 N–H and O–H groups in total. The smallest absolute Gasteiger partial charge is 0.337 e. The molecule has 0 aromatic heterocycles. The van der Waals surface area contributed by atoms with E-state index in [4.69, 9.17) is 16.3 Å². The minimum absolute atomic E-state index is 0.00891. The molecule has 0 bridgehead atoms. The minimum atomic E-state index is -1.13. The molecule has 39 heavy (non-hydrogen) atoms. The number of aryl methyl sites for hydroxylation is 1. The SMILES string of the molecule is COC(=O)c1ccc(OCC2C[C@H](F)CN2C(=O)Cc2ccc(NC(=O)Nc3ccccc3Cl)c(C)c2)cc1. The monoisotopic (exact) mass is 553 g/mol. The third-order valence-corrected chi connectivity index (χ3v) is 6.75. The summed E-state index contributed by atoms with van der Waals surface area (Å²) in [5, 5.41) is 5.91. The number of halogens is 2. The Bertz CT molecular complexity index is 1350. The van der Waals surface area contributed by atoms with E-state index in [1.165, 1.54) is 12.0 Å². The second-order valence-electron chi connectivity index (χ2n) is 9.24. The van der Waals surface area contributed by atoms with Gasteiger partial charge >= 0.3 is 12.0 Å². The second-order valence-corrected chi connectivity index (χ2v) is 9.65. The van der Waals surface area contributed by atoms with Gasteiger partial charge in [0.25, 0.3) is 0 Å². The van der Waals surface area contributed by atoms with Crippen molar-refractivity contribution in [2.24, 2.45) is 0 Å². The fourth-order valence-electron chi connectivity index (χ4n) is 4.41. The van der Waals surface area contributed by atoms with Gasteiger partial charge in [0, 0.05) is 12.1 Å². The molecule has 1 aliphatic heterocycles. The Hall–Kier alpha value is -4.11. The highest BCUT2D eigenvalue weighted by molar-refractivity contribution is 6.33. The van der Waals surface area contributed by atoms with E-state index in [-0.39, 0.29) is 31.9 Å². The highest BCUT2D eigenvalue weighted by atomic mass is 35.5. The highest BCUT2D eigenvalue weighted by Gasteiger charge is 2.35. The van der Waals surface area contributed by atoms with Crippen LogP contribution in [0.2, 0.25) is 5.02 Å². The number of methoxy groups -OCH3 is 1. The van der Waals surface area contributed by atoms with Gasteiger partial charge < -0.3 is 25.0 Å². The first kappa shape index (κ1) is 27.9. The maximum atomic E-state index is 14.3. The fourth-order valence-corrected chi connectivity index (χ4v) is 4.59. The zero-order chi connectivity index (χ0) is 27.9. The summed E-state index contributed by atoms with van der Waals surface area (Å²) in [5.74, 6) is -0.148. The van der Waals surface area contributed by atoms with Gasteiger partial charge in [0.15, 0.2) is 0 Å². The summed E-state index contributed by atoms with van der Waals surface area (Å²) in [6.07, 6.45) is -0.854. The predicted molar refractivity (Wildman–Crippen MR) is 147 cm³/mol. The number of carbonyl (C=O) groups excluding carboxylic acids is 3. The number of hydrogen-bond donors (Lipinski definition) is 2. The standard InChI is InChI=1S/C29H29ClFN3O5/c1-18-13-19(7-12-25(18)32-29(37)33-26-6-4-3-5-24(26)30)14-27(35)34-16-21(31)15-22(34)17-39-23-10-8-20(9-11-23)28(36)38-2/h3-13,21-22H,14-17H2,1-2H3,(H2,32,33,37)/t21-,22?/m0/s1. The van der Waals surface area contributed by atoms with Crippen molar-refractivity contribution < 1.29 is 28.2 Å². The molecule has 0 radical (unpaired) electrons. The summed E-state index contributed by atoms with van der Waals surface area (Å²) in [6.45, 7) is 1.97. The molecule has 204 valence electrons. The van der Waals surface area contributed by atoms with Crippen LogP contribution in [0.3, 0.4) is 0 Å². The van der Waals surface area contributed by atoms with Gasteiger partial charge in [0.1, 0.15) is 18.5 Å². The van der Waals surface area contributed by atoms with Crippen LogP contribution < -0.4 is 15.4 Å². The van der Waals surface area contributed by atoms with Crippen molar-refractivity contribution in [2.45, 2.75) is 32.0 Å². The lowest BCUT2D eigenvalue weighted by molar-refractivity contribution is -0.132. The molecule has 4 rings (SSSR count). The molecule has 10 heteroatoms. The zero-order valence-electron chi connectivity index (χ0n) is 21.6. The van der Waals surface area contributed by atoms with Crippen LogP contribution in [-0.2, 0) is 16.0 Å². The first-order chi connectivity index (χ1) is 18.7. The molecule has 1 saturated heterocycles. The van der Waals surface area contributed by atoms with Crippen LogP contribution in [0.25, 0.3) is 0 Å². The number of benzene rings is 3. The van der Waals surface area contributed by atoms with Gasteiger partial charge in [-0.3, -0.25) is 4.79 Å². The molecule has 8 nitrogen and oxygen atoms in total. The lowest BCUT2D eigenvalue weighted by atomic mass is 10.1. The number of esters is 1. The van der Waals surface area contributed by atoms with Gasteiger partial charge in [-0.15, -0.1) is 0 Å².